The first kappa shape index (κ1) is 17.5. The number of benzene rings is 1. The topological polar surface area (TPSA) is 97.0 Å². The predicted octanol–water partition coefficient (Wildman–Crippen LogP) is 2.13. The smallest absolute Gasteiger partial charge is 0.408 e. The van der Waals surface area contributed by atoms with Crippen LogP contribution in [0.1, 0.15) is 42.4 Å². The Kier molecular flexibility index (Phi) is 4.55. The number of oxazole rings is 1. The van der Waals surface area contributed by atoms with Crippen molar-refractivity contribution in [3.63, 3.8) is 0 Å². The highest BCUT2D eigenvalue weighted by Gasteiger charge is 2.27. The van der Waals surface area contributed by atoms with Crippen LogP contribution >= 0.6 is 0 Å². The first-order valence-corrected chi connectivity index (χ1v) is 9.28. The van der Waals surface area contributed by atoms with Crippen molar-refractivity contribution in [3.8, 4) is 0 Å². The molecule has 1 aliphatic rings. The number of aryl methyl sites for hydroxylation is 3. The number of nitrogens with one attached hydrogen (secondary N) is 1. The monoisotopic (exact) mass is 369 g/mol. The summed E-state index contributed by atoms with van der Waals surface area (Å²) in [6.07, 6.45) is 2.17. The van der Waals surface area contributed by atoms with Gasteiger partial charge in [0, 0.05) is 32.0 Å². The van der Waals surface area contributed by atoms with Gasteiger partial charge in [0.05, 0.1) is 5.52 Å². The molecule has 0 saturated carbocycles. The van der Waals surface area contributed by atoms with E-state index in [-0.39, 0.29) is 18.2 Å². The SMILES string of the molecule is Cc1ccc2oc(=O)n(CCC(=O)N3CCCC(c4n[nH]c(C)n4)C3)c2c1. The van der Waals surface area contributed by atoms with Crippen molar-refractivity contribution in [3.05, 3.63) is 46.0 Å². The van der Waals surface area contributed by atoms with Gasteiger partial charge in [0.2, 0.25) is 5.91 Å². The molecule has 0 aliphatic carbocycles. The fourth-order valence-electron chi connectivity index (χ4n) is 3.71. The lowest BCUT2D eigenvalue weighted by Gasteiger charge is -2.31. The third-order valence-electron chi connectivity index (χ3n) is 5.13. The molecule has 1 aromatic carbocycles. The molecule has 8 heteroatoms. The van der Waals surface area contributed by atoms with Gasteiger partial charge in [-0.25, -0.2) is 9.78 Å². The molecule has 0 bridgehead atoms. The molecule has 0 spiro atoms. The standard InChI is InChI=1S/C19H23N5O3/c1-12-5-6-16-15(10-12)24(19(26)27-16)9-7-17(25)23-8-3-4-14(11-23)18-20-13(2)21-22-18/h5-6,10,14H,3-4,7-9,11H2,1-2H3,(H,20,21,22). The van der Waals surface area contributed by atoms with Crippen LogP contribution in [-0.4, -0.2) is 43.6 Å². The maximum absolute atomic E-state index is 12.7. The average Bonchev–Trinajstić information content (AvgIpc) is 3.22. The van der Waals surface area contributed by atoms with Crippen molar-refractivity contribution < 1.29 is 9.21 Å². The quantitative estimate of drug-likeness (QED) is 0.760. The molecule has 1 N–H and O–H groups in total. The van der Waals surface area contributed by atoms with Crippen LogP contribution < -0.4 is 5.76 Å². The fourth-order valence-corrected chi connectivity index (χ4v) is 3.71. The Labute approximate surface area is 156 Å². The number of aromatic nitrogens is 4. The van der Waals surface area contributed by atoms with Gasteiger partial charge in [-0.3, -0.25) is 14.5 Å². The van der Waals surface area contributed by atoms with Crippen LogP contribution in [0.3, 0.4) is 0 Å². The van der Waals surface area contributed by atoms with Crippen molar-refractivity contribution >= 4 is 17.0 Å². The number of H-pyrrole nitrogens is 1. The molecule has 1 saturated heterocycles. The summed E-state index contributed by atoms with van der Waals surface area (Å²) in [4.78, 5) is 31.1. The Morgan fingerprint density at radius 3 is 3.00 bits per heavy atom. The van der Waals surface area contributed by atoms with Gasteiger partial charge in [0.1, 0.15) is 5.82 Å². The lowest BCUT2D eigenvalue weighted by molar-refractivity contribution is -0.132. The molecule has 1 atom stereocenters. The summed E-state index contributed by atoms with van der Waals surface area (Å²) in [5, 5.41) is 7.11. The predicted molar refractivity (Wildman–Crippen MR) is 99.5 cm³/mol. The van der Waals surface area contributed by atoms with E-state index in [0.29, 0.717) is 18.7 Å². The van der Waals surface area contributed by atoms with Gasteiger partial charge in [0.15, 0.2) is 11.4 Å². The number of carbonyl (C=O) groups excluding carboxylic acids is 1. The van der Waals surface area contributed by atoms with E-state index in [4.69, 9.17) is 4.42 Å². The van der Waals surface area contributed by atoms with Gasteiger partial charge in [-0.2, -0.15) is 5.10 Å². The third kappa shape index (κ3) is 3.51. The average molecular weight is 369 g/mol. The minimum Gasteiger partial charge on any atom is -0.408 e. The zero-order chi connectivity index (χ0) is 19.0. The summed E-state index contributed by atoms with van der Waals surface area (Å²) in [5.74, 6) is 1.34. The number of rotatable bonds is 4. The van der Waals surface area contributed by atoms with E-state index in [1.54, 1.807) is 10.6 Å². The Morgan fingerprint density at radius 2 is 2.22 bits per heavy atom. The number of nitrogens with zero attached hydrogens (tertiary/aromatic N) is 4. The van der Waals surface area contributed by atoms with E-state index < -0.39 is 5.76 Å². The zero-order valence-corrected chi connectivity index (χ0v) is 15.6. The molecule has 8 nitrogen and oxygen atoms in total. The Bertz CT molecular complexity index is 1030. The van der Waals surface area contributed by atoms with Gasteiger partial charge in [-0.05, 0) is 44.4 Å². The highest BCUT2D eigenvalue weighted by Crippen LogP contribution is 2.25. The Morgan fingerprint density at radius 1 is 1.37 bits per heavy atom. The van der Waals surface area contributed by atoms with Crippen molar-refractivity contribution in [2.45, 2.75) is 45.6 Å². The molecule has 27 heavy (non-hydrogen) atoms. The van der Waals surface area contributed by atoms with E-state index in [2.05, 4.69) is 15.2 Å². The van der Waals surface area contributed by atoms with E-state index in [0.717, 1.165) is 42.1 Å². The highest BCUT2D eigenvalue weighted by molar-refractivity contribution is 5.77. The van der Waals surface area contributed by atoms with Gasteiger partial charge in [0.25, 0.3) is 0 Å². The molecule has 142 valence electrons. The minimum atomic E-state index is -0.420. The van der Waals surface area contributed by atoms with Crippen LogP contribution in [0.5, 0.6) is 0 Å². The summed E-state index contributed by atoms with van der Waals surface area (Å²) < 4.78 is 6.81. The molecular formula is C19H23N5O3. The van der Waals surface area contributed by atoms with Crippen LogP contribution in [-0.2, 0) is 11.3 Å². The van der Waals surface area contributed by atoms with E-state index in [1.165, 1.54) is 0 Å². The Hall–Kier alpha value is -2.90. The van der Waals surface area contributed by atoms with Gasteiger partial charge in [-0.1, -0.05) is 6.07 Å². The number of carbonyl (C=O) groups is 1. The number of amides is 1. The summed E-state index contributed by atoms with van der Waals surface area (Å²) in [5.41, 5.74) is 2.33. The Balaban J connectivity index is 1.44. The summed E-state index contributed by atoms with van der Waals surface area (Å²) in [6, 6.07) is 5.60. The molecule has 1 aliphatic heterocycles. The van der Waals surface area contributed by atoms with Gasteiger partial charge >= 0.3 is 5.76 Å². The van der Waals surface area contributed by atoms with Crippen molar-refractivity contribution in [1.82, 2.24) is 24.6 Å². The second-order valence-corrected chi connectivity index (χ2v) is 7.20. The number of piperidine rings is 1. The van der Waals surface area contributed by atoms with E-state index >= 15 is 0 Å². The third-order valence-corrected chi connectivity index (χ3v) is 5.13. The van der Waals surface area contributed by atoms with Crippen LogP contribution in [0.2, 0.25) is 0 Å². The molecule has 3 aromatic rings. The number of hydrogen-bond acceptors (Lipinski definition) is 5. The molecule has 1 fully saturated rings. The number of likely N-dealkylation sites (tertiary alicyclic amines) is 1. The van der Waals surface area contributed by atoms with E-state index in [1.807, 2.05) is 30.9 Å². The van der Waals surface area contributed by atoms with Crippen LogP contribution in [0.25, 0.3) is 11.1 Å². The minimum absolute atomic E-state index is 0.0425. The van der Waals surface area contributed by atoms with Gasteiger partial charge in [-0.15, -0.1) is 0 Å². The van der Waals surface area contributed by atoms with Gasteiger partial charge < -0.3 is 9.32 Å². The largest absolute Gasteiger partial charge is 0.419 e. The van der Waals surface area contributed by atoms with Crippen molar-refractivity contribution in [1.29, 1.82) is 0 Å². The summed E-state index contributed by atoms with van der Waals surface area (Å²) in [7, 11) is 0. The number of aromatic amines is 1. The molecule has 1 amide bonds. The van der Waals surface area contributed by atoms with Crippen molar-refractivity contribution in [2.75, 3.05) is 13.1 Å². The molecular weight excluding hydrogens is 346 g/mol. The highest BCUT2D eigenvalue weighted by atomic mass is 16.4. The maximum Gasteiger partial charge on any atom is 0.419 e. The normalized spacial score (nSPS) is 17.6. The van der Waals surface area contributed by atoms with Crippen molar-refractivity contribution in [2.24, 2.45) is 0 Å². The first-order chi connectivity index (χ1) is 13.0. The molecule has 1 unspecified atom stereocenters. The lowest BCUT2D eigenvalue weighted by Crippen LogP contribution is -2.40. The number of fused-ring (bicyclic) bond motifs is 1. The molecule has 0 radical (unpaired) electrons. The first-order valence-electron chi connectivity index (χ1n) is 9.28. The molecule has 3 heterocycles. The number of hydrogen-bond donors (Lipinski definition) is 1. The second kappa shape index (κ2) is 7.02. The second-order valence-electron chi connectivity index (χ2n) is 7.20. The van der Waals surface area contributed by atoms with Crippen LogP contribution in [0.4, 0.5) is 0 Å². The summed E-state index contributed by atoms with van der Waals surface area (Å²) in [6.45, 7) is 5.51. The zero-order valence-electron chi connectivity index (χ0n) is 15.6. The van der Waals surface area contributed by atoms with Crippen LogP contribution in [0.15, 0.2) is 27.4 Å². The lowest BCUT2D eigenvalue weighted by atomic mass is 9.97. The molecule has 2 aromatic heterocycles. The fraction of sp³-hybridized carbons (Fsp3) is 0.474. The maximum atomic E-state index is 12.7. The summed E-state index contributed by atoms with van der Waals surface area (Å²) >= 11 is 0. The van der Waals surface area contributed by atoms with E-state index in [9.17, 15) is 9.59 Å². The molecule has 4 rings (SSSR count). The van der Waals surface area contributed by atoms with Crippen LogP contribution in [0, 0.1) is 13.8 Å².